The van der Waals surface area contributed by atoms with E-state index in [2.05, 4.69) is 9.88 Å². The lowest BCUT2D eigenvalue weighted by Gasteiger charge is -2.22. The molecule has 0 aliphatic carbocycles. The lowest BCUT2D eigenvalue weighted by Crippen LogP contribution is -2.33. The highest BCUT2D eigenvalue weighted by Crippen LogP contribution is 2.24. The number of carbonyl (C=O) groups excluding carboxylic acids is 1. The highest BCUT2D eigenvalue weighted by atomic mass is 16.2. The fraction of sp³-hybridized carbons (Fsp3) is 0.571. The van der Waals surface area contributed by atoms with E-state index in [1.54, 1.807) is 6.20 Å². The van der Waals surface area contributed by atoms with E-state index in [9.17, 15) is 4.79 Å². The first-order valence-electron chi connectivity index (χ1n) is 7.00. The molecule has 0 unspecified atom stereocenters. The summed E-state index contributed by atoms with van der Waals surface area (Å²) in [6.45, 7) is 3.41. The van der Waals surface area contributed by atoms with Crippen molar-refractivity contribution in [2.75, 3.05) is 31.1 Å². The second-order valence-corrected chi connectivity index (χ2v) is 5.37. The maximum Gasteiger partial charge on any atom is 0.257 e. The van der Waals surface area contributed by atoms with Crippen LogP contribution < -0.4 is 10.6 Å². The van der Waals surface area contributed by atoms with E-state index in [4.69, 9.17) is 5.73 Å². The molecule has 102 valence electrons. The third-order valence-electron chi connectivity index (χ3n) is 3.93. The Morgan fingerprint density at radius 2 is 2.11 bits per heavy atom. The first-order chi connectivity index (χ1) is 9.25. The number of nitrogens with two attached hydrogens (primary N) is 1. The molecule has 2 aliphatic heterocycles. The molecule has 1 atom stereocenters. The van der Waals surface area contributed by atoms with E-state index < -0.39 is 0 Å². The van der Waals surface area contributed by atoms with Crippen LogP contribution in [0.2, 0.25) is 0 Å². The fourth-order valence-corrected chi connectivity index (χ4v) is 2.89. The van der Waals surface area contributed by atoms with Crippen LogP contribution in [0.1, 0.15) is 29.6 Å². The molecule has 0 radical (unpaired) electrons. The molecule has 5 heteroatoms. The van der Waals surface area contributed by atoms with Gasteiger partial charge < -0.3 is 15.5 Å². The topological polar surface area (TPSA) is 62.5 Å². The average molecular weight is 260 g/mol. The van der Waals surface area contributed by atoms with E-state index >= 15 is 0 Å². The number of aromatic nitrogens is 1. The van der Waals surface area contributed by atoms with Crippen LogP contribution in [0, 0.1) is 0 Å². The van der Waals surface area contributed by atoms with E-state index in [1.165, 1.54) is 12.8 Å². The van der Waals surface area contributed by atoms with Gasteiger partial charge in [-0.25, -0.2) is 4.98 Å². The molecule has 2 N–H and O–H groups in total. The highest BCUT2D eigenvalue weighted by molar-refractivity contribution is 5.99. The molecule has 0 spiro atoms. The fourth-order valence-electron chi connectivity index (χ4n) is 2.89. The summed E-state index contributed by atoms with van der Waals surface area (Å²) < 4.78 is 0. The monoisotopic (exact) mass is 260 g/mol. The van der Waals surface area contributed by atoms with Gasteiger partial charge in [0.2, 0.25) is 0 Å². The van der Waals surface area contributed by atoms with Gasteiger partial charge in [-0.2, -0.15) is 0 Å². The Kier molecular flexibility index (Phi) is 3.38. The number of hydrogen-bond acceptors (Lipinski definition) is 4. The standard InChI is InChI=1S/C14H20N4O/c15-11-5-9-18(10-11)14(19)12-4-3-6-16-13(12)17-7-1-2-8-17/h3-4,6,11H,1-2,5,7-10,15H2/t11-/m1/s1. The molecule has 3 heterocycles. The van der Waals surface area contributed by atoms with Crippen LogP contribution in [0.3, 0.4) is 0 Å². The smallest absolute Gasteiger partial charge is 0.257 e. The minimum absolute atomic E-state index is 0.0722. The van der Waals surface area contributed by atoms with Crippen molar-refractivity contribution in [3.05, 3.63) is 23.9 Å². The average Bonchev–Trinajstić information content (AvgIpc) is 3.09. The largest absolute Gasteiger partial charge is 0.356 e. The number of anilines is 1. The minimum Gasteiger partial charge on any atom is -0.356 e. The van der Waals surface area contributed by atoms with Gasteiger partial charge in [0.25, 0.3) is 5.91 Å². The second-order valence-electron chi connectivity index (χ2n) is 5.37. The van der Waals surface area contributed by atoms with Gasteiger partial charge in [-0.15, -0.1) is 0 Å². The summed E-state index contributed by atoms with van der Waals surface area (Å²) in [5.41, 5.74) is 6.60. The minimum atomic E-state index is 0.0722. The van der Waals surface area contributed by atoms with Gasteiger partial charge in [0, 0.05) is 38.4 Å². The molecule has 0 saturated carbocycles. The molecule has 1 amide bonds. The zero-order chi connectivity index (χ0) is 13.2. The summed E-state index contributed by atoms with van der Waals surface area (Å²) in [6, 6.07) is 3.84. The molecular weight excluding hydrogens is 240 g/mol. The van der Waals surface area contributed by atoms with Crippen molar-refractivity contribution in [3.8, 4) is 0 Å². The summed E-state index contributed by atoms with van der Waals surface area (Å²) in [5, 5.41) is 0. The van der Waals surface area contributed by atoms with Gasteiger partial charge >= 0.3 is 0 Å². The van der Waals surface area contributed by atoms with Crippen molar-refractivity contribution in [2.45, 2.75) is 25.3 Å². The highest BCUT2D eigenvalue weighted by Gasteiger charge is 2.28. The van der Waals surface area contributed by atoms with Gasteiger partial charge in [-0.05, 0) is 31.4 Å². The molecule has 19 heavy (non-hydrogen) atoms. The summed E-state index contributed by atoms with van der Waals surface area (Å²) in [5.74, 6) is 0.911. The summed E-state index contributed by atoms with van der Waals surface area (Å²) in [7, 11) is 0. The summed E-state index contributed by atoms with van der Waals surface area (Å²) in [6.07, 6.45) is 5.02. The van der Waals surface area contributed by atoms with Crippen LogP contribution in [-0.2, 0) is 0 Å². The van der Waals surface area contributed by atoms with Gasteiger partial charge in [-0.1, -0.05) is 0 Å². The summed E-state index contributed by atoms with van der Waals surface area (Å²) in [4.78, 5) is 21.1. The predicted octanol–water partition coefficient (Wildman–Crippen LogP) is 0.855. The Balaban J connectivity index is 1.85. The van der Waals surface area contributed by atoms with E-state index in [0.29, 0.717) is 6.54 Å². The van der Waals surface area contributed by atoms with Crippen molar-refractivity contribution in [2.24, 2.45) is 5.73 Å². The molecule has 1 aromatic rings. The number of carbonyl (C=O) groups is 1. The molecule has 0 bridgehead atoms. The molecule has 2 aliphatic rings. The van der Waals surface area contributed by atoms with Crippen LogP contribution in [0.25, 0.3) is 0 Å². The van der Waals surface area contributed by atoms with Crippen molar-refractivity contribution < 1.29 is 4.79 Å². The number of amides is 1. The maximum absolute atomic E-state index is 12.6. The van der Waals surface area contributed by atoms with Crippen LogP contribution in [-0.4, -0.2) is 48.0 Å². The molecule has 1 aromatic heterocycles. The van der Waals surface area contributed by atoms with Crippen LogP contribution in [0.4, 0.5) is 5.82 Å². The lowest BCUT2D eigenvalue weighted by atomic mass is 10.2. The van der Waals surface area contributed by atoms with Crippen LogP contribution >= 0.6 is 0 Å². The summed E-state index contributed by atoms with van der Waals surface area (Å²) >= 11 is 0. The van der Waals surface area contributed by atoms with Gasteiger partial charge in [-0.3, -0.25) is 4.79 Å². The third-order valence-corrected chi connectivity index (χ3v) is 3.93. The third kappa shape index (κ3) is 2.42. The predicted molar refractivity (Wildman–Crippen MR) is 74.2 cm³/mol. The molecule has 0 aromatic carbocycles. The van der Waals surface area contributed by atoms with Gasteiger partial charge in [0.05, 0.1) is 5.56 Å². The molecule has 5 nitrogen and oxygen atoms in total. The SMILES string of the molecule is N[C@@H]1CCN(C(=O)c2cccnc2N2CCCC2)C1. The number of hydrogen-bond donors (Lipinski definition) is 1. The molecule has 2 saturated heterocycles. The quantitative estimate of drug-likeness (QED) is 0.856. The Hall–Kier alpha value is -1.62. The molecular formula is C14H20N4O. The van der Waals surface area contributed by atoms with Crippen molar-refractivity contribution in [1.82, 2.24) is 9.88 Å². The van der Waals surface area contributed by atoms with Crippen LogP contribution in [0.15, 0.2) is 18.3 Å². The van der Waals surface area contributed by atoms with Gasteiger partial charge in [0.1, 0.15) is 5.82 Å². The second kappa shape index (κ2) is 5.17. The first kappa shape index (κ1) is 12.4. The number of likely N-dealkylation sites (tertiary alicyclic amines) is 1. The number of pyridine rings is 1. The zero-order valence-corrected chi connectivity index (χ0v) is 11.1. The van der Waals surface area contributed by atoms with Crippen LogP contribution in [0.5, 0.6) is 0 Å². The molecule has 3 rings (SSSR count). The Morgan fingerprint density at radius 3 is 2.79 bits per heavy atom. The zero-order valence-electron chi connectivity index (χ0n) is 11.1. The number of rotatable bonds is 2. The van der Waals surface area contributed by atoms with Crippen molar-refractivity contribution in [3.63, 3.8) is 0 Å². The molecule has 2 fully saturated rings. The number of nitrogens with zero attached hydrogens (tertiary/aromatic N) is 3. The maximum atomic E-state index is 12.6. The Morgan fingerprint density at radius 1 is 1.32 bits per heavy atom. The van der Waals surface area contributed by atoms with E-state index in [1.807, 2.05) is 17.0 Å². The van der Waals surface area contributed by atoms with Crippen molar-refractivity contribution >= 4 is 11.7 Å². The Bertz CT molecular complexity index is 470. The first-order valence-corrected chi connectivity index (χ1v) is 7.00. The normalized spacial score (nSPS) is 23.1. The Labute approximate surface area is 113 Å². The van der Waals surface area contributed by atoms with Crippen molar-refractivity contribution in [1.29, 1.82) is 0 Å². The lowest BCUT2D eigenvalue weighted by molar-refractivity contribution is 0.0791. The van der Waals surface area contributed by atoms with E-state index in [0.717, 1.165) is 37.4 Å². The van der Waals surface area contributed by atoms with Gasteiger partial charge in [0.15, 0.2) is 0 Å². The van der Waals surface area contributed by atoms with E-state index in [-0.39, 0.29) is 11.9 Å².